The minimum atomic E-state index is -0.873. The van der Waals surface area contributed by atoms with Crippen molar-refractivity contribution in [3.8, 4) is 5.82 Å². The van der Waals surface area contributed by atoms with Crippen LogP contribution in [0.1, 0.15) is 35.1 Å². The number of piperazine rings is 1. The van der Waals surface area contributed by atoms with Crippen molar-refractivity contribution in [3.63, 3.8) is 0 Å². The number of rotatable bonds is 3. The molecule has 2 fully saturated rings. The number of amides is 1. The Hall–Kier alpha value is -3.82. The molecule has 4 heterocycles. The number of halogens is 2. The fraction of sp³-hybridized carbons (Fsp3) is 0.417. The first-order valence-corrected chi connectivity index (χ1v) is 11.8. The number of pyridine rings is 1. The van der Waals surface area contributed by atoms with Crippen molar-refractivity contribution in [1.82, 2.24) is 35.0 Å². The average Bonchev–Trinajstić information content (AvgIpc) is 3.58. The Kier molecular flexibility index (Phi) is 5.66. The van der Waals surface area contributed by atoms with Gasteiger partial charge in [0.25, 0.3) is 5.69 Å². The topological polar surface area (TPSA) is 93.6 Å². The van der Waals surface area contributed by atoms with E-state index in [1.807, 2.05) is 11.0 Å². The zero-order chi connectivity index (χ0) is 24.8. The summed E-state index contributed by atoms with van der Waals surface area (Å²) in [6.45, 7) is 9.49. The highest BCUT2D eigenvalue weighted by Crippen LogP contribution is 2.37. The molecule has 3 atom stereocenters. The SMILES string of the molecule is [C-]#[N+]c1c(F)ccc([C@@H]2CN3CCN(C(=O)C4CCc5cc(-n6cnnn6)ncc54)C[C@@H]3CO2)c1F. The van der Waals surface area contributed by atoms with Crippen molar-refractivity contribution in [3.05, 3.63) is 70.5 Å². The van der Waals surface area contributed by atoms with Gasteiger partial charge in [-0.05, 0) is 46.5 Å². The molecule has 10 nitrogen and oxygen atoms in total. The Bertz CT molecular complexity index is 1360. The number of morpholine rings is 1. The number of carbonyl (C=O) groups excluding carboxylic acids is 1. The first-order valence-electron chi connectivity index (χ1n) is 11.8. The second-order valence-corrected chi connectivity index (χ2v) is 9.25. The third-order valence-corrected chi connectivity index (χ3v) is 7.33. The van der Waals surface area contributed by atoms with Gasteiger partial charge in [0, 0.05) is 37.9 Å². The summed E-state index contributed by atoms with van der Waals surface area (Å²) in [5.41, 5.74) is 1.61. The van der Waals surface area contributed by atoms with E-state index in [9.17, 15) is 13.6 Å². The van der Waals surface area contributed by atoms with Crippen molar-refractivity contribution >= 4 is 11.6 Å². The smallest absolute Gasteiger partial charge is 0.257 e. The van der Waals surface area contributed by atoms with Crippen LogP contribution in [-0.2, 0) is 16.0 Å². The molecule has 3 aliphatic rings. The molecular formula is C24H22F2N8O2. The molecule has 0 bridgehead atoms. The number of tetrazole rings is 1. The quantitative estimate of drug-likeness (QED) is 0.518. The first-order chi connectivity index (χ1) is 17.5. The van der Waals surface area contributed by atoms with Gasteiger partial charge in [0.2, 0.25) is 5.91 Å². The van der Waals surface area contributed by atoms with Crippen molar-refractivity contribution in [2.45, 2.75) is 30.9 Å². The lowest BCUT2D eigenvalue weighted by molar-refractivity contribution is -0.141. The summed E-state index contributed by atoms with van der Waals surface area (Å²) in [5, 5.41) is 11.1. The molecule has 1 aromatic carbocycles. The number of fused-ring (bicyclic) bond motifs is 2. The van der Waals surface area contributed by atoms with Gasteiger partial charge >= 0.3 is 0 Å². The van der Waals surface area contributed by atoms with Crippen molar-refractivity contribution in [2.75, 3.05) is 32.8 Å². The Balaban J connectivity index is 1.12. The van der Waals surface area contributed by atoms with Crippen LogP contribution in [-0.4, -0.2) is 79.7 Å². The number of carbonyl (C=O) groups is 1. The second kappa shape index (κ2) is 9.00. The molecule has 2 aromatic heterocycles. The van der Waals surface area contributed by atoms with Crippen LogP contribution in [0.15, 0.2) is 30.7 Å². The molecule has 0 spiro atoms. The minimum Gasteiger partial charge on any atom is -0.370 e. The maximum absolute atomic E-state index is 14.7. The number of hydrogen-bond donors (Lipinski definition) is 0. The molecular weight excluding hydrogens is 470 g/mol. The van der Waals surface area contributed by atoms with Crippen LogP contribution in [0, 0.1) is 18.2 Å². The maximum Gasteiger partial charge on any atom is 0.257 e. The predicted molar refractivity (Wildman–Crippen MR) is 121 cm³/mol. The van der Waals surface area contributed by atoms with Crippen molar-refractivity contribution in [1.29, 1.82) is 0 Å². The lowest BCUT2D eigenvalue weighted by Gasteiger charge is -2.46. The van der Waals surface area contributed by atoms with Gasteiger partial charge in [-0.3, -0.25) is 9.69 Å². The summed E-state index contributed by atoms with van der Waals surface area (Å²) in [6.07, 6.45) is 4.16. The monoisotopic (exact) mass is 492 g/mol. The summed E-state index contributed by atoms with van der Waals surface area (Å²) < 4.78 is 35.9. The fourth-order valence-electron chi connectivity index (χ4n) is 5.43. The van der Waals surface area contributed by atoms with Crippen LogP contribution in [0.25, 0.3) is 10.7 Å². The maximum atomic E-state index is 14.7. The molecule has 2 aliphatic heterocycles. The van der Waals surface area contributed by atoms with E-state index in [1.54, 1.807) is 6.20 Å². The number of aromatic nitrogens is 5. The van der Waals surface area contributed by atoms with E-state index in [0.717, 1.165) is 30.0 Å². The fourth-order valence-corrected chi connectivity index (χ4v) is 5.43. The molecule has 0 saturated carbocycles. The first kappa shape index (κ1) is 22.6. The number of aryl methyl sites for hydroxylation is 1. The van der Waals surface area contributed by atoms with E-state index in [0.29, 0.717) is 38.6 Å². The zero-order valence-electron chi connectivity index (χ0n) is 19.2. The van der Waals surface area contributed by atoms with E-state index in [1.165, 1.54) is 17.1 Å². The van der Waals surface area contributed by atoms with Crippen LogP contribution in [0.4, 0.5) is 14.5 Å². The van der Waals surface area contributed by atoms with E-state index in [2.05, 4.69) is 30.3 Å². The van der Waals surface area contributed by atoms with Gasteiger partial charge in [-0.1, -0.05) is 6.07 Å². The Labute approximate surface area is 205 Å². The summed E-state index contributed by atoms with van der Waals surface area (Å²) in [6, 6.07) is 4.38. The highest BCUT2D eigenvalue weighted by molar-refractivity contribution is 5.85. The molecule has 3 aromatic rings. The molecule has 1 amide bonds. The van der Waals surface area contributed by atoms with Gasteiger partial charge in [-0.15, -0.1) is 5.10 Å². The molecule has 184 valence electrons. The Morgan fingerprint density at radius 3 is 2.89 bits per heavy atom. The highest BCUT2D eigenvalue weighted by atomic mass is 19.1. The molecule has 12 heteroatoms. The predicted octanol–water partition coefficient (Wildman–Crippen LogP) is 2.20. The van der Waals surface area contributed by atoms with Gasteiger partial charge in [-0.2, -0.15) is 4.68 Å². The van der Waals surface area contributed by atoms with Gasteiger partial charge in [0.05, 0.1) is 31.2 Å². The summed E-state index contributed by atoms with van der Waals surface area (Å²) in [7, 11) is 0. The molecule has 0 radical (unpaired) electrons. The van der Waals surface area contributed by atoms with E-state index >= 15 is 0 Å². The zero-order valence-corrected chi connectivity index (χ0v) is 19.2. The molecule has 2 saturated heterocycles. The Morgan fingerprint density at radius 1 is 1.19 bits per heavy atom. The molecule has 36 heavy (non-hydrogen) atoms. The summed E-state index contributed by atoms with van der Waals surface area (Å²) in [4.78, 5) is 25.0. The van der Waals surface area contributed by atoms with Crippen LogP contribution in [0.3, 0.4) is 0 Å². The number of ether oxygens (including phenoxy) is 1. The van der Waals surface area contributed by atoms with Crippen LogP contribution >= 0.6 is 0 Å². The summed E-state index contributed by atoms with van der Waals surface area (Å²) in [5.74, 6) is -1.27. The lowest BCUT2D eigenvalue weighted by Crippen LogP contribution is -2.60. The molecule has 0 N–H and O–H groups in total. The van der Waals surface area contributed by atoms with Gasteiger partial charge in [0.15, 0.2) is 5.82 Å². The van der Waals surface area contributed by atoms with E-state index in [-0.39, 0.29) is 23.4 Å². The average molecular weight is 492 g/mol. The van der Waals surface area contributed by atoms with E-state index in [4.69, 9.17) is 11.3 Å². The molecule has 1 unspecified atom stereocenters. The van der Waals surface area contributed by atoms with Gasteiger partial charge in [0.1, 0.15) is 18.0 Å². The van der Waals surface area contributed by atoms with Gasteiger partial charge < -0.3 is 9.64 Å². The third-order valence-electron chi connectivity index (χ3n) is 7.33. The van der Waals surface area contributed by atoms with Crippen LogP contribution in [0.5, 0.6) is 0 Å². The number of hydrogen-bond acceptors (Lipinski definition) is 7. The minimum absolute atomic E-state index is 0.0102. The molecule has 1 aliphatic carbocycles. The van der Waals surface area contributed by atoms with Crippen LogP contribution in [0.2, 0.25) is 0 Å². The van der Waals surface area contributed by atoms with Crippen LogP contribution < -0.4 is 0 Å². The standard InChI is InChI=1S/C24H22F2N8O2/c1-27-23-19(25)5-4-17(22(23)26)20-11-32-6-7-33(10-15(32)12-36-20)24(35)16-3-2-14-8-21(28-9-18(14)16)34-13-29-30-31-34/h4-5,8-9,13,15-16,20H,2-3,6-7,10-12H2/t15-,16?,20+/m1/s1. The van der Waals surface area contributed by atoms with Gasteiger partial charge in [-0.25, -0.2) is 18.6 Å². The third kappa shape index (κ3) is 3.81. The van der Waals surface area contributed by atoms with Crippen molar-refractivity contribution in [2.24, 2.45) is 0 Å². The van der Waals surface area contributed by atoms with E-state index < -0.39 is 23.4 Å². The number of nitrogens with zero attached hydrogens (tertiary/aromatic N) is 8. The second-order valence-electron chi connectivity index (χ2n) is 9.25. The Morgan fingerprint density at radius 2 is 2.08 bits per heavy atom. The normalized spacial score (nSPS) is 23.7. The summed E-state index contributed by atoms with van der Waals surface area (Å²) >= 11 is 0. The highest BCUT2D eigenvalue weighted by Gasteiger charge is 2.39. The molecule has 6 rings (SSSR count). The lowest BCUT2D eigenvalue weighted by atomic mass is 9.99. The van der Waals surface area contributed by atoms with Crippen molar-refractivity contribution < 1.29 is 18.3 Å². The number of benzene rings is 1. The largest absolute Gasteiger partial charge is 0.370 e.